The Morgan fingerprint density at radius 1 is 1.22 bits per heavy atom. The normalized spacial score (nSPS) is 10.5. The minimum Gasteiger partial charge on any atom is -0.496 e. The lowest BCUT2D eigenvalue weighted by atomic mass is 10.2. The van der Waals surface area contributed by atoms with E-state index < -0.39 is 0 Å². The number of hydrogen-bond donors (Lipinski definition) is 0. The molecule has 0 aliphatic heterocycles. The van der Waals surface area contributed by atoms with Gasteiger partial charge in [-0.1, -0.05) is 11.6 Å². The predicted molar refractivity (Wildman–Crippen MR) is 79.2 cm³/mol. The summed E-state index contributed by atoms with van der Waals surface area (Å²) in [6.45, 7) is 1.87. The first kappa shape index (κ1) is 13.8. The van der Waals surface area contributed by atoms with Crippen LogP contribution in [0.5, 0.6) is 5.75 Å². The average Bonchev–Trinajstić information content (AvgIpc) is 2.35. The van der Waals surface area contributed by atoms with Gasteiger partial charge in [0.15, 0.2) is 5.82 Å². The van der Waals surface area contributed by atoms with Gasteiger partial charge in [0.05, 0.1) is 21.7 Å². The minimum atomic E-state index is 0.407. The highest BCUT2D eigenvalue weighted by Gasteiger charge is 2.10. The monoisotopic (exact) mass is 390 g/mol. The van der Waals surface area contributed by atoms with Crippen molar-refractivity contribution < 1.29 is 4.74 Å². The molecule has 0 saturated heterocycles. The number of nitrogens with zero attached hydrogens (tertiary/aromatic N) is 2. The highest BCUT2D eigenvalue weighted by atomic mass is 79.9. The van der Waals surface area contributed by atoms with E-state index in [0.29, 0.717) is 11.0 Å². The van der Waals surface area contributed by atoms with Crippen LogP contribution in [0.2, 0.25) is 5.15 Å². The van der Waals surface area contributed by atoms with Gasteiger partial charge >= 0.3 is 0 Å². The van der Waals surface area contributed by atoms with Crippen molar-refractivity contribution >= 4 is 43.5 Å². The van der Waals surface area contributed by atoms with E-state index >= 15 is 0 Å². The van der Waals surface area contributed by atoms with E-state index in [2.05, 4.69) is 41.8 Å². The summed E-state index contributed by atoms with van der Waals surface area (Å²) in [6, 6.07) is 5.65. The quantitative estimate of drug-likeness (QED) is 0.699. The van der Waals surface area contributed by atoms with Gasteiger partial charge < -0.3 is 4.74 Å². The second-order valence-corrected chi connectivity index (χ2v) is 5.59. The molecule has 1 aromatic heterocycles. The molecule has 3 nitrogen and oxygen atoms in total. The molecule has 0 N–H and O–H groups in total. The average molecular weight is 392 g/mol. The Balaban J connectivity index is 2.52. The van der Waals surface area contributed by atoms with Gasteiger partial charge in [-0.25, -0.2) is 9.97 Å². The number of hydrogen-bond acceptors (Lipinski definition) is 3. The van der Waals surface area contributed by atoms with E-state index in [0.717, 1.165) is 26.0 Å². The number of aromatic nitrogens is 2. The Hall–Kier alpha value is -0.650. The zero-order valence-electron chi connectivity index (χ0n) is 9.67. The molecule has 0 bridgehead atoms. The van der Waals surface area contributed by atoms with Gasteiger partial charge in [0.2, 0.25) is 0 Å². The Labute approximate surface area is 127 Å². The lowest BCUT2D eigenvalue weighted by Gasteiger charge is -2.07. The molecule has 18 heavy (non-hydrogen) atoms. The third kappa shape index (κ3) is 2.68. The summed E-state index contributed by atoms with van der Waals surface area (Å²) in [7, 11) is 1.62. The van der Waals surface area contributed by atoms with Crippen molar-refractivity contribution in [3.8, 4) is 17.1 Å². The van der Waals surface area contributed by atoms with Crippen LogP contribution in [0.4, 0.5) is 0 Å². The molecule has 2 aromatic rings. The largest absolute Gasteiger partial charge is 0.496 e. The number of ether oxygens (including phenoxy) is 1. The van der Waals surface area contributed by atoms with E-state index in [9.17, 15) is 0 Å². The lowest BCUT2D eigenvalue weighted by molar-refractivity contribution is 0.412. The number of rotatable bonds is 2. The number of benzene rings is 1. The molecule has 6 heteroatoms. The fourth-order valence-corrected chi connectivity index (χ4v) is 2.39. The van der Waals surface area contributed by atoms with Crippen LogP contribution in [0.25, 0.3) is 11.4 Å². The van der Waals surface area contributed by atoms with Gasteiger partial charge in [0, 0.05) is 5.56 Å². The number of methoxy groups -OCH3 is 1. The second kappa shape index (κ2) is 5.55. The molecule has 1 aromatic carbocycles. The van der Waals surface area contributed by atoms with Gasteiger partial charge in [-0.3, -0.25) is 0 Å². The van der Waals surface area contributed by atoms with Crippen molar-refractivity contribution in [1.82, 2.24) is 9.97 Å². The van der Waals surface area contributed by atoms with Gasteiger partial charge in [0.25, 0.3) is 0 Å². The Bertz CT molecular complexity index is 582. The summed E-state index contributed by atoms with van der Waals surface area (Å²) < 4.78 is 6.75. The summed E-state index contributed by atoms with van der Waals surface area (Å²) in [5.74, 6) is 1.35. The smallest absolute Gasteiger partial charge is 0.161 e. The van der Waals surface area contributed by atoms with Crippen molar-refractivity contribution in [1.29, 1.82) is 0 Å². The topological polar surface area (TPSA) is 35.0 Å². The van der Waals surface area contributed by atoms with Crippen molar-refractivity contribution in [2.75, 3.05) is 7.11 Å². The minimum absolute atomic E-state index is 0.407. The number of halogens is 3. The maximum Gasteiger partial charge on any atom is 0.161 e. The maximum absolute atomic E-state index is 6.03. The summed E-state index contributed by atoms with van der Waals surface area (Å²) in [5, 5.41) is 0.407. The van der Waals surface area contributed by atoms with E-state index in [1.807, 2.05) is 25.1 Å². The van der Waals surface area contributed by atoms with Crippen LogP contribution in [0.15, 0.2) is 27.1 Å². The predicted octanol–water partition coefficient (Wildman–Crippen LogP) is 4.64. The highest BCUT2D eigenvalue weighted by Crippen LogP contribution is 2.31. The van der Waals surface area contributed by atoms with Crippen LogP contribution in [-0.4, -0.2) is 17.1 Å². The molecular formula is C12H9Br2ClN2O. The number of aryl methyl sites for hydroxylation is 1. The third-order valence-electron chi connectivity index (χ3n) is 2.39. The SMILES string of the molecule is COc1ccc(-c2nc(C)c(Br)c(Cl)n2)cc1Br. The Kier molecular flexibility index (Phi) is 4.25. The second-order valence-electron chi connectivity index (χ2n) is 3.59. The van der Waals surface area contributed by atoms with Gasteiger partial charge in [-0.15, -0.1) is 0 Å². The van der Waals surface area contributed by atoms with Gasteiger partial charge in [0.1, 0.15) is 10.9 Å². The fourth-order valence-electron chi connectivity index (χ4n) is 1.46. The zero-order valence-corrected chi connectivity index (χ0v) is 13.6. The van der Waals surface area contributed by atoms with E-state index in [1.54, 1.807) is 7.11 Å². The standard InChI is InChI=1S/C12H9Br2ClN2O/c1-6-10(14)11(15)17-12(16-6)7-3-4-9(18-2)8(13)5-7/h3-5H,1-2H3. The van der Waals surface area contributed by atoms with E-state index in [-0.39, 0.29) is 0 Å². The summed E-state index contributed by atoms with van der Waals surface area (Å²) in [5.41, 5.74) is 1.68. The summed E-state index contributed by atoms with van der Waals surface area (Å²) >= 11 is 12.8. The highest BCUT2D eigenvalue weighted by molar-refractivity contribution is 9.11. The molecule has 0 atom stereocenters. The molecule has 0 aliphatic carbocycles. The van der Waals surface area contributed by atoms with Crippen molar-refractivity contribution in [3.63, 3.8) is 0 Å². The molecular weight excluding hydrogens is 383 g/mol. The molecule has 94 valence electrons. The van der Waals surface area contributed by atoms with Crippen LogP contribution in [0.3, 0.4) is 0 Å². The van der Waals surface area contributed by atoms with Crippen LogP contribution >= 0.6 is 43.5 Å². The molecule has 2 rings (SSSR count). The van der Waals surface area contributed by atoms with Crippen molar-refractivity contribution in [2.45, 2.75) is 6.92 Å². The van der Waals surface area contributed by atoms with Crippen molar-refractivity contribution in [3.05, 3.63) is 38.0 Å². The van der Waals surface area contributed by atoms with E-state index in [1.165, 1.54) is 0 Å². The van der Waals surface area contributed by atoms with Crippen LogP contribution in [0, 0.1) is 6.92 Å². The third-order valence-corrected chi connectivity index (χ3v) is 4.46. The first-order valence-corrected chi connectivity index (χ1v) is 7.03. The summed E-state index contributed by atoms with van der Waals surface area (Å²) in [4.78, 5) is 8.64. The zero-order chi connectivity index (χ0) is 13.3. The van der Waals surface area contributed by atoms with E-state index in [4.69, 9.17) is 16.3 Å². The lowest BCUT2D eigenvalue weighted by Crippen LogP contribution is -1.95. The molecule has 0 unspecified atom stereocenters. The molecule has 0 aliphatic rings. The molecule has 1 heterocycles. The van der Waals surface area contributed by atoms with Crippen LogP contribution in [-0.2, 0) is 0 Å². The Morgan fingerprint density at radius 3 is 2.50 bits per heavy atom. The van der Waals surface area contributed by atoms with Crippen LogP contribution < -0.4 is 4.74 Å². The maximum atomic E-state index is 6.03. The van der Waals surface area contributed by atoms with Gasteiger partial charge in [-0.2, -0.15) is 0 Å². The first-order valence-electron chi connectivity index (χ1n) is 5.06. The molecule has 0 spiro atoms. The molecule has 0 radical (unpaired) electrons. The molecule has 0 fully saturated rings. The molecule has 0 saturated carbocycles. The first-order chi connectivity index (χ1) is 8.52. The van der Waals surface area contributed by atoms with Gasteiger partial charge in [-0.05, 0) is 57.0 Å². The summed E-state index contributed by atoms with van der Waals surface area (Å²) in [6.07, 6.45) is 0. The van der Waals surface area contributed by atoms with Crippen LogP contribution in [0.1, 0.15) is 5.69 Å². The Morgan fingerprint density at radius 2 is 1.94 bits per heavy atom. The van der Waals surface area contributed by atoms with Crippen molar-refractivity contribution in [2.24, 2.45) is 0 Å². The molecule has 0 amide bonds. The fraction of sp³-hybridized carbons (Fsp3) is 0.167.